The van der Waals surface area contributed by atoms with Crippen molar-refractivity contribution in [1.29, 1.82) is 5.26 Å². The largest absolute Gasteiger partial charge is 0.377 e. The lowest BCUT2D eigenvalue weighted by Gasteiger charge is -2.35. The maximum Gasteiger partial charge on any atom is 0.129 e. The molecule has 0 spiro atoms. The van der Waals surface area contributed by atoms with Crippen molar-refractivity contribution < 1.29 is 4.74 Å². The quantitative estimate of drug-likeness (QED) is 0.776. The molecule has 0 radical (unpaired) electrons. The molecule has 0 amide bonds. The summed E-state index contributed by atoms with van der Waals surface area (Å²) < 4.78 is 5.16. The van der Waals surface area contributed by atoms with E-state index in [2.05, 4.69) is 44.2 Å². The molecule has 0 N–H and O–H groups in total. The number of nitriles is 1. The third-order valence-electron chi connectivity index (χ3n) is 3.06. The van der Waals surface area contributed by atoms with Crippen molar-refractivity contribution in [3.05, 3.63) is 35.4 Å². The van der Waals surface area contributed by atoms with Crippen LogP contribution in [0.3, 0.4) is 0 Å². The van der Waals surface area contributed by atoms with E-state index in [4.69, 9.17) is 4.74 Å². The van der Waals surface area contributed by atoms with Crippen LogP contribution < -0.4 is 0 Å². The van der Waals surface area contributed by atoms with Crippen molar-refractivity contribution in [2.75, 3.05) is 13.2 Å². The average Bonchev–Trinajstić information content (AvgIpc) is 2.19. The number of nitrogens with zero attached hydrogens (tertiary/aromatic N) is 1. The summed E-state index contributed by atoms with van der Waals surface area (Å²) in [6, 6.07) is 10.8. The Morgan fingerprint density at radius 1 is 1.31 bits per heavy atom. The normalized spacial score (nSPS) is 17.9. The summed E-state index contributed by atoms with van der Waals surface area (Å²) in [4.78, 5) is 0. The van der Waals surface area contributed by atoms with Gasteiger partial charge >= 0.3 is 0 Å². The van der Waals surface area contributed by atoms with Crippen LogP contribution in [0, 0.1) is 17.2 Å². The van der Waals surface area contributed by atoms with Crippen LogP contribution in [0.15, 0.2) is 24.3 Å². The van der Waals surface area contributed by atoms with Crippen molar-refractivity contribution in [2.45, 2.75) is 25.7 Å². The van der Waals surface area contributed by atoms with Crippen molar-refractivity contribution >= 4 is 0 Å². The van der Waals surface area contributed by atoms with Gasteiger partial charge in [0, 0.05) is 0 Å². The molecule has 2 nitrogen and oxygen atoms in total. The summed E-state index contributed by atoms with van der Waals surface area (Å²) in [6.07, 6.45) is 1.09. The smallest absolute Gasteiger partial charge is 0.129 e. The molecule has 1 fully saturated rings. The van der Waals surface area contributed by atoms with Gasteiger partial charge in [-0.15, -0.1) is 0 Å². The number of ether oxygens (including phenoxy) is 1. The molecule has 1 saturated heterocycles. The van der Waals surface area contributed by atoms with Gasteiger partial charge in [-0.25, -0.2) is 0 Å². The molecule has 0 unspecified atom stereocenters. The molecule has 0 aromatic heterocycles. The molecule has 84 valence electrons. The van der Waals surface area contributed by atoms with Gasteiger partial charge in [0.25, 0.3) is 0 Å². The SMILES string of the molecule is CC(C)Cc1ccc(C2(C#N)COC2)cc1. The Kier molecular flexibility index (Phi) is 2.98. The first-order valence-electron chi connectivity index (χ1n) is 5.75. The van der Waals surface area contributed by atoms with Crippen LogP contribution in [0.2, 0.25) is 0 Å². The maximum atomic E-state index is 9.17. The van der Waals surface area contributed by atoms with E-state index in [0.717, 1.165) is 12.0 Å². The number of rotatable bonds is 3. The highest BCUT2D eigenvalue weighted by Gasteiger charge is 2.40. The molecular formula is C14H17NO. The molecule has 0 bridgehead atoms. The molecule has 0 saturated carbocycles. The lowest BCUT2D eigenvalue weighted by Crippen LogP contribution is -2.45. The van der Waals surface area contributed by atoms with Gasteiger partial charge in [0.05, 0.1) is 19.3 Å². The van der Waals surface area contributed by atoms with Gasteiger partial charge in [0.15, 0.2) is 0 Å². The van der Waals surface area contributed by atoms with Crippen molar-refractivity contribution in [2.24, 2.45) is 5.92 Å². The Bertz CT molecular complexity index is 396. The number of benzene rings is 1. The minimum absolute atomic E-state index is 0.379. The van der Waals surface area contributed by atoms with Crippen LogP contribution in [-0.2, 0) is 16.6 Å². The van der Waals surface area contributed by atoms with E-state index in [1.54, 1.807) is 0 Å². The zero-order valence-corrected chi connectivity index (χ0v) is 9.86. The van der Waals surface area contributed by atoms with E-state index in [0.29, 0.717) is 19.1 Å². The molecule has 1 aromatic rings. The minimum atomic E-state index is -0.379. The number of hydrogen-bond acceptors (Lipinski definition) is 2. The van der Waals surface area contributed by atoms with Crippen molar-refractivity contribution in [3.63, 3.8) is 0 Å². The Morgan fingerprint density at radius 3 is 2.31 bits per heavy atom. The fourth-order valence-electron chi connectivity index (χ4n) is 2.03. The number of hydrogen-bond donors (Lipinski definition) is 0. The molecule has 1 aliphatic rings. The van der Waals surface area contributed by atoms with Gasteiger partial charge in [-0.3, -0.25) is 0 Å². The summed E-state index contributed by atoms with van der Waals surface area (Å²) in [5.74, 6) is 0.669. The van der Waals surface area contributed by atoms with Gasteiger partial charge < -0.3 is 4.74 Å². The van der Waals surface area contributed by atoms with Crippen LogP contribution in [0.5, 0.6) is 0 Å². The summed E-state index contributed by atoms with van der Waals surface area (Å²) in [5, 5.41) is 9.17. The maximum absolute atomic E-state index is 9.17. The molecule has 2 rings (SSSR count). The molecule has 1 aliphatic heterocycles. The summed E-state index contributed by atoms with van der Waals surface area (Å²) in [7, 11) is 0. The first kappa shape index (κ1) is 11.2. The monoisotopic (exact) mass is 215 g/mol. The van der Waals surface area contributed by atoms with Crippen LogP contribution in [-0.4, -0.2) is 13.2 Å². The second-order valence-corrected chi connectivity index (χ2v) is 4.98. The Balaban J connectivity index is 2.16. The first-order valence-corrected chi connectivity index (χ1v) is 5.75. The summed E-state index contributed by atoms with van der Waals surface area (Å²) in [6.45, 7) is 5.49. The first-order chi connectivity index (χ1) is 7.66. The molecule has 1 aromatic carbocycles. The molecule has 2 heteroatoms. The van der Waals surface area contributed by atoms with Gasteiger partial charge in [-0.05, 0) is 23.5 Å². The van der Waals surface area contributed by atoms with E-state index >= 15 is 0 Å². The summed E-state index contributed by atoms with van der Waals surface area (Å²) in [5.41, 5.74) is 2.05. The highest BCUT2D eigenvalue weighted by atomic mass is 16.5. The molecule has 1 heterocycles. The molecular weight excluding hydrogens is 198 g/mol. The Labute approximate surface area is 96.9 Å². The molecule has 16 heavy (non-hydrogen) atoms. The van der Waals surface area contributed by atoms with E-state index in [1.165, 1.54) is 5.56 Å². The minimum Gasteiger partial charge on any atom is -0.377 e. The fourth-order valence-corrected chi connectivity index (χ4v) is 2.03. The third kappa shape index (κ3) is 1.96. The van der Waals surface area contributed by atoms with Crippen LogP contribution >= 0.6 is 0 Å². The molecule has 0 atom stereocenters. The third-order valence-corrected chi connectivity index (χ3v) is 3.06. The van der Waals surface area contributed by atoms with Crippen LogP contribution in [0.4, 0.5) is 0 Å². The van der Waals surface area contributed by atoms with Crippen LogP contribution in [0.25, 0.3) is 0 Å². The van der Waals surface area contributed by atoms with E-state index < -0.39 is 0 Å². The van der Waals surface area contributed by atoms with Crippen molar-refractivity contribution in [1.82, 2.24) is 0 Å². The van der Waals surface area contributed by atoms with E-state index in [9.17, 15) is 5.26 Å². The lowest BCUT2D eigenvalue weighted by molar-refractivity contribution is -0.0298. The summed E-state index contributed by atoms with van der Waals surface area (Å²) >= 11 is 0. The standard InChI is InChI=1S/C14H17NO/c1-11(2)7-12-3-5-13(6-4-12)14(8-15)9-16-10-14/h3-6,11H,7,9-10H2,1-2H3. The predicted octanol–water partition coefficient (Wildman–Crippen LogP) is 2.68. The Morgan fingerprint density at radius 2 is 1.94 bits per heavy atom. The van der Waals surface area contributed by atoms with Gasteiger partial charge in [-0.1, -0.05) is 38.1 Å². The predicted molar refractivity (Wildman–Crippen MR) is 63.1 cm³/mol. The van der Waals surface area contributed by atoms with Crippen LogP contribution in [0.1, 0.15) is 25.0 Å². The molecule has 0 aliphatic carbocycles. The average molecular weight is 215 g/mol. The zero-order valence-electron chi connectivity index (χ0n) is 9.86. The second kappa shape index (κ2) is 4.27. The zero-order chi connectivity index (χ0) is 11.6. The lowest BCUT2D eigenvalue weighted by atomic mass is 9.80. The Hall–Kier alpha value is -1.33. The van der Waals surface area contributed by atoms with Crippen molar-refractivity contribution in [3.8, 4) is 6.07 Å². The highest BCUT2D eigenvalue weighted by Crippen LogP contribution is 2.31. The van der Waals surface area contributed by atoms with E-state index in [-0.39, 0.29) is 5.41 Å². The highest BCUT2D eigenvalue weighted by molar-refractivity contribution is 5.37. The van der Waals surface area contributed by atoms with Gasteiger partial charge in [0.2, 0.25) is 0 Å². The fraction of sp³-hybridized carbons (Fsp3) is 0.500. The van der Waals surface area contributed by atoms with Gasteiger partial charge in [0.1, 0.15) is 5.41 Å². The topological polar surface area (TPSA) is 33.0 Å². The van der Waals surface area contributed by atoms with E-state index in [1.807, 2.05) is 0 Å². The second-order valence-electron chi connectivity index (χ2n) is 4.98. The van der Waals surface area contributed by atoms with Gasteiger partial charge in [-0.2, -0.15) is 5.26 Å².